The zero-order valence-electron chi connectivity index (χ0n) is 14.0. The second-order valence-corrected chi connectivity index (χ2v) is 6.50. The standard InChI is InChI=1S/C19H25N3O2/c1-15-9-11-17(19(24)22-14-6-5-13-21(15)22)20-18(23)12-10-16-7-3-2-4-8-16/h2-4,7-8,17H,1,5-6,9-14H2,(H,20,23)/t17-/m0/s1. The lowest BCUT2D eigenvalue weighted by Gasteiger charge is -2.40. The zero-order valence-corrected chi connectivity index (χ0v) is 14.0. The second kappa shape index (κ2) is 7.51. The van der Waals surface area contributed by atoms with Gasteiger partial charge in [0.05, 0.1) is 0 Å². The van der Waals surface area contributed by atoms with E-state index in [4.69, 9.17) is 0 Å². The monoisotopic (exact) mass is 327 g/mol. The Labute approximate surface area is 143 Å². The zero-order chi connectivity index (χ0) is 16.9. The van der Waals surface area contributed by atoms with Crippen LogP contribution < -0.4 is 5.32 Å². The van der Waals surface area contributed by atoms with Crippen LogP contribution in [-0.4, -0.2) is 41.0 Å². The van der Waals surface area contributed by atoms with Crippen LogP contribution in [-0.2, 0) is 16.0 Å². The van der Waals surface area contributed by atoms with E-state index in [1.54, 1.807) is 5.01 Å². The molecule has 24 heavy (non-hydrogen) atoms. The van der Waals surface area contributed by atoms with Gasteiger partial charge in [-0.2, -0.15) is 0 Å². The number of benzene rings is 1. The van der Waals surface area contributed by atoms with Crippen molar-refractivity contribution in [3.8, 4) is 0 Å². The molecule has 5 nitrogen and oxygen atoms in total. The van der Waals surface area contributed by atoms with Crippen LogP contribution in [0.1, 0.15) is 37.7 Å². The van der Waals surface area contributed by atoms with Crippen molar-refractivity contribution in [2.24, 2.45) is 0 Å². The Morgan fingerprint density at radius 1 is 1.17 bits per heavy atom. The van der Waals surface area contributed by atoms with Gasteiger partial charge in [-0.3, -0.25) is 19.6 Å². The van der Waals surface area contributed by atoms with Crippen molar-refractivity contribution in [1.29, 1.82) is 0 Å². The van der Waals surface area contributed by atoms with Crippen LogP contribution >= 0.6 is 0 Å². The lowest BCUT2D eigenvalue weighted by molar-refractivity contribution is -0.150. The van der Waals surface area contributed by atoms with E-state index >= 15 is 0 Å². The van der Waals surface area contributed by atoms with Crippen molar-refractivity contribution in [2.45, 2.75) is 44.6 Å². The van der Waals surface area contributed by atoms with E-state index in [2.05, 4.69) is 11.9 Å². The molecule has 2 aliphatic rings. The lowest BCUT2D eigenvalue weighted by atomic mass is 10.1. The molecule has 1 aromatic rings. The fourth-order valence-corrected chi connectivity index (χ4v) is 3.37. The summed E-state index contributed by atoms with van der Waals surface area (Å²) in [6.45, 7) is 5.66. The summed E-state index contributed by atoms with van der Waals surface area (Å²) in [6, 6.07) is 9.50. The number of rotatable bonds is 4. The Bertz CT molecular complexity index is 614. The van der Waals surface area contributed by atoms with Crippen molar-refractivity contribution in [2.75, 3.05) is 13.1 Å². The largest absolute Gasteiger partial charge is 0.344 e. The highest BCUT2D eigenvalue weighted by Gasteiger charge is 2.34. The lowest BCUT2D eigenvalue weighted by Crippen LogP contribution is -2.54. The van der Waals surface area contributed by atoms with Crippen molar-refractivity contribution in [3.05, 3.63) is 48.2 Å². The van der Waals surface area contributed by atoms with Crippen molar-refractivity contribution in [1.82, 2.24) is 15.3 Å². The molecule has 1 atom stereocenters. The van der Waals surface area contributed by atoms with Crippen LogP contribution in [0, 0.1) is 0 Å². The molecule has 0 saturated carbocycles. The maximum absolute atomic E-state index is 12.8. The number of fused-ring (bicyclic) bond motifs is 1. The Kier molecular flexibility index (Phi) is 5.18. The molecule has 2 saturated heterocycles. The molecule has 0 aliphatic carbocycles. The number of aryl methyl sites for hydroxylation is 1. The fraction of sp³-hybridized carbons (Fsp3) is 0.474. The molecular weight excluding hydrogens is 302 g/mol. The summed E-state index contributed by atoms with van der Waals surface area (Å²) in [5.74, 6) is -0.0605. The number of hydrazine groups is 1. The van der Waals surface area contributed by atoms with Crippen LogP contribution in [0.15, 0.2) is 42.6 Å². The molecule has 5 heteroatoms. The van der Waals surface area contributed by atoms with Gasteiger partial charge in [-0.25, -0.2) is 0 Å². The number of nitrogens with zero attached hydrogens (tertiary/aromatic N) is 2. The molecular formula is C19H25N3O2. The van der Waals surface area contributed by atoms with E-state index in [0.717, 1.165) is 37.1 Å². The first-order chi connectivity index (χ1) is 11.6. The predicted molar refractivity (Wildman–Crippen MR) is 92.7 cm³/mol. The highest BCUT2D eigenvalue weighted by atomic mass is 16.2. The van der Waals surface area contributed by atoms with Crippen LogP contribution in [0.25, 0.3) is 0 Å². The minimum atomic E-state index is -0.437. The molecule has 1 N–H and O–H groups in total. The third kappa shape index (κ3) is 3.78. The van der Waals surface area contributed by atoms with Gasteiger partial charge in [0.25, 0.3) is 5.91 Å². The first kappa shape index (κ1) is 16.6. The average Bonchev–Trinajstić information content (AvgIpc) is 2.73. The third-order valence-corrected chi connectivity index (χ3v) is 4.74. The summed E-state index contributed by atoms with van der Waals surface area (Å²) in [5, 5.41) is 6.72. The molecule has 3 rings (SSSR count). The molecule has 0 aromatic heterocycles. The van der Waals surface area contributed by atoms with Crippen LogP contribution in [0.3, 0.4) is 0 Å². The number of hydrogen-bond acceptors (Lipinski definition) is 3. The molecule has 0 spiro atoms. The Hall–Kier alpha value is -2.30. The number of nitrogens with one attached hydrogen (secondary N) is 1. The van der Waals surface area contributed by atoms with Gasteiger partial charge in [0.1, 0.15) is 6.04 Å². The van der Waals surface area contributed by atoms with E-state index in [9.17, 15) is 9.59 Å². The molecule has 0 bridgehead atoms. The average molecular weight is 327 g/mol. The summed E-state index contributed by atoms with van der Waals surface area (Å²) >= 11 is 0. The highest BCUT2D eigenvalue weighted by Crippen LogP contribution is 2.25. The molecule has 1 aromatic carbocycles. The maximum atomic E-state index is 12.8. The Morgan fingerprint density at radius 3 is 2.62 bits per heavy atom. The number of amides is 2. The van der Waals surface area contributed by atoms with Crippen LogP contribution in [0.4, 0.5) is 0 Å². The summed E-state index contributed by atoms with van der Waals surface area (Å²) in [4.78, 5) is 25.0. The number of hydrogen-bond donors (Lipinski definition) is 1. The van der Waals surface area contributed by atoms with E-state index in [1.165, 1.54) is 0 Å². The molecule has 2 fully saturated rings. The normalized spacial score (nSPS) is 21.2. The molecule has 2 amide bonds. The summed E-state index contributed by atoms with van der Waals surface area (Å²) in [7, 11) is 0. The van der Waals surface area contributed by atoms with Crippen LogP contribution in [0.5, 0.6) is 0 Å². The molecule has 0 unspecified atom stereocenters. The fourth-order valence-electron chi connectivity index (χ4n) is 3.37. The van der Waals surface area contributed by atoms with E-state index in [-0.39, 0.29) is 11.8 Å². The quantitative estimate of drug-likeness (QED) is 0.923. The summed E-state index contributed by atoms with van der Waals surface area (Å²) < 4.78 is 0. The van der Waals surface area contributed by atoms with E-state index < -0.39 is 6.04 Å². The predicted octanol–water partition coefficient (Wildman–Crippen LogP) is 2.25. The molecule has 2 aliphatic heterocycles. The Balaban J connectivity index is 1.58. The second-order valence-electron chi connectivity index (χ2n) is 6.50. The van der Waals surface area contributed by atoms with E-state index in [1.807, 2.05) is 35.3 Å². The van der Waals surface area contributed by atoms with Gasteiger partial charge in [0.2, 0.25) is 5.91 Å². The number of carbonyl (C=O) groups is 2. The third-order valence-electron chi connectivity index (χ3n) is 4.74. The Morgan fingerprint density at radius 2 is 1.88 bits per heavy atom. The highest BCUT2D eigenvalue weighted by molar-refractivity contribution is 5.87. The van der Waals surface area contributed by atoms with Crippen molar-refractivity contribution >= 4 is 11.8 Å². The minimum absolute atomic E-state index is 0.00131. The van der Waals surface area contributed by atoms with E-state index in [0.29, 0.717) is 25.8 Å². The summed E-state index contributed by atoms with van der Waals surface area (Å²) in [6.07, 6.45) is 4.54. The molecule has 0 radical (unpaired) electrons. The van der Waals surface area contributed by atoms with Gasteiger partial charge >= 0.3 is 0 Å². The van der Waals surface area contributed by atoms with Gasteiger partial charge in [0.15, 0.2) is 0 Å². The van der Waals surface area contributed by atoms with Gasteiger partial charge in [-0.05, 0) is 37.7 Å². The topological polar surface area (TPSA) is 52.7 Å². The first-order valence-corrected chi connectivity index (χ1v) is 8.75. The minimum Gasteiger partial charge on any atom is -0.344 e. The molecule has 128 valence electrons. The van der Waals surface area contributed by atoms with Gasteiger partial charge < -0.3 is 5.32 Å². The van der Waals surface area contributed by atoms with Crippen molar-refractivity contribution in [3.63, 3.8) is 0 Å². The number of carbonyl (C=O) groups excluding carboxylic acids is 2. The van der Waals surface area contributed by atoms with Gasteiger partial charge in [0, 0.05) is 25.2 Å². The number of allylic oxidation sites excluding steroid dienone is 1. The molecule has 2 heterocycles. The van der Waals surface area contributed by atoms with Crippen molar-refractivity contribution < 1.29 is 9.59 Å². The van der Waals surface area contributed by atoms with Gasteiger partial charge in [-0.15, -0.1) is 0 Å². The van der Waals surface area contributed by atoms with Gasteiger partial charge in [-0.1, -0.05) is 36.9 Å². The summed E-state index contributed by atoms with van der Waals surface area (Å²) in [5.41, 5.74) is 2.11. The maximum Gasteiger partial charge on any atom is 0.263 e. The van der Waals surface area contributed by atoms with Crippen LogP contribution in [0.2, 0.25) is 0 Å². The smallest absolute Gasteiger partial charge is 0.263 e. The SMILES string of the molecule is C=C1CC[C@H](NC(=O)CCc2ccccc2)C(=O)N2CCCCN12. The first-order valence-electron chi connectivity index (χ1n) is 8.75.